The molecule has 6 heteroatoms. The van der Waals surface area contributed by atoms with Crippen LogP contribution in [0, 0.1) is 0 Å². The zero-order chi connectivity index (χ0) is 17.6. The number of hydrogen-bond donors (Lipinski definition) is 3. The van der Waals surface area contributed by atoms with Crippen LogP contribution in [0.15, 0.2) is 36.7 Å². The van der Waals surface area contributed by atoms with Crippen LogP contribution in [0.1, 0.15) is 51.4 Å². The van der Waals surface area contributed by atoms with Crippen molar-refractivity contribution < 1.29 is 0 Å². The Bertz CT molecular complexity index is 819. The Morgan fingerprint density at radius 1 is 0.885 bits per heavy atom. The molecule has 0 amide bonds. The van der Waals surface area contributed by atoms with Crippen molar-refractivity contribution in [2.75, 3.05) is 10.6 Å². The highest BCUT2D eigenvalue weighted by atomic mass is 15.2. The van der Waals surface area contributed by atoms with E-state index in [0.717, 1.165) is 22.7 Å². The Balaban J connectivity index is 1.57. The number of anilines is 3. The van der Waals surface area contributed by atoms with Gasteiger partial charge in [-0.05, 0) is 25.0 Å². The maximum atomic E-state index is 4.72. The number of fused-ring (bicyclic) bond motifs is 1. The zero-order valence-electron chi connectivity index (χ0n) is 15.0. The highest BCUT2D eigenvalue weighted by molar-refractivity contribution is 5.84. The van der Waals surface area contributed by atoms with E-state index in [1.807, 2.05) is 30.3 Å². The first-order chi connectivity index (χ1) is 12.9. The first-order valence-corrected chi connectivity index (χ1v) is 9.68. The molecule has 1 aliphatic rings. The molecule has 1 fully saturated rings. The summed E-state index contributed by atoms with van der Waals surface area (Å²) < 4.78 is 0. The molecule has 0 unspecified atom stereocenters. The molecule has 1 aromatic carbocycles. The van der Waals surface area contributed by atoms with Gasteiger partial charge in [0, 0.05) is 11.7 Å². The van der Waals surface area contributed by atoms with Crippen LogP contribution in [0.3, 0.4) is 0 Å². The van der Waals surface area contributed by atoms with Gasteiger partial charge in [-0.1, -0.05) is 56.7 Å². The van der Waals surface area contributed by atoms with Crippen LogP contribution in [0.2, 0.25) is 0 Å². The third-order valence-corrected chi connectivity index (χ3v) is 5.00. The van der Waals surface area contributed by atoms with Gasteiger partial charge in [-0.25, -0.2) is 4.98 Å². The Morgan fingerprint density at radius 3 is 2.38 bits per heavy atom. The first kappa shape index (κ1) is 16.8. The van der Waals surface area contributed by atoms with E-state index >= 15 is 0 Å². The van der Waals surface area contributed by atoms with Gasteiger partial charge in [0.15, 0.2) is 11.5 Å². The normalized spacial score (nSPS) is 16.6. The minimum absolute atomic E-state index is 0.451. The van der Waals surface area contributed by atoms with Crippen molar-refractivity contribution in [3.05, 3.63) is 36.7 Å². The fourth-order valence-electron chi connectivity index (χ4n) is 3.61. The second-order valence-electron chi connectivity index (χ2n) is 7.03. The smallest absolute Gasteiger partial charge is 0.231 e. The van der Waals surface area contributed by atoms with Gasteiger partial charge in [-0.15, -0.1) is 0 Å². The molecular weight excluding hydrogens is 324 g/mol. The molecule has 1 saturated carbocycles. The van der Waals surface area contributed by atoms with E-state index in [1.165, 1.54) is 51.4 Å². The van der Waals surface area contributed by atoms with Crippen molar-refractivity contribution >= 4 is 28.6 Å². The lowest BCUT2D eigenvalue weighted by Crippen LogP contribution is -2.20. The van der Waals surface area contributed by atoms with Gasteiger partial charge in [0.1, 0.15) is 5.52 Å². The average Bonchev–Trinajstić information content (AvgIpc) is 3.16. The van der Waals surface area contributed by atoms with Gasteiger partial charge in [0.2, 0.25) is 5.95 Å². The number of benzene rings is 1. The molecule has 2 heterocycles. The summed E-state index contributed by atoms with van der Waals surface area (Å²) in [5.74, 6) is 1.40. The predicted octanol–water partition coefficient (Wildman–Crippen LogP) is 5.01. The van der Waals surface area contributed by atoms with E-state index in [9.17, 15) is 0 Å². The van der Waals surface area contributed by atoms with Crippen LogP contribution in [-0.4, -0.2) is 26.0 Å². The van der Waals surface area contributed by atoms with Gasteiger partial charge in [0.05, 0.1) is 6.33 Å². The summed E-state index contributed by atoms with van der Waals surface area (Å²) in [6, 6.07) is 10.4. The fourth-order valence-corrected chi connectivity index (χ4v) is 3.61. The van der Waals surface area contributed by atoms with Gasteiger partial charge in [-0.2, -0.15) is 9.97 Å². The van der Waals surface area contributed by atoms with Crippen LogP contribution < -0.4 is 10.6 Å². The van der Waals surface area contributed by atoms with Gasteiger partial charge in [0.25, 0.3) is 0 Å². The number of nitrogens with one attached hydrogen (secondary N) is 3. The summed E-state index contributed by atoms with van der Waals surface area (Å²) in [7, 11) is 0. The Hall–Kier alpha value is -2.63. The molecule has 0 atom stereocenters. The highest BCUT2D eigenvalue weighted by Gasteiger charge is 2.16. The third kappa shape index (κ3) is 4.12. The monoisotopic (exact) mass is 350 g/mol. The van der Waals surface area contributed by atoms with Crippen molar-refractivity contribution in [2.24, 2.45) is 0 Å². The summed E-state index contributed by atoms with van der Waals surface area (Å²) in [6.45, 7) is 0. The largest absolute Gasteiger partial charge is 0.365 e. The van der Waals surface area contributed by atoms with Crippen molar-refractivity contribution in [1.29, 1.82) is 0 Å². The zero-order valence-corrected chi connectivity index (χ0v) is 15.0. The number of rotatable bonds is 4. The molecule has 0 spiro atoms. The molecular formula is C20H26N6. The molecule has 3 aromatic rings. The van der Waals surface area contributed by atoms with E-state index in [4.69, 9.17) is 4.98 Å². The lowest BCUT2D eigenvalue weighted by molar-refractivity contribution is 0.562. The molecule has 0 saturated heterocycles. The van der Waals surface area contributed by atoms with Crippen molar-refractivity contribution in [1.82, 2.24) is 19.9 Å². The molecule has 0 bridgehead atoms. The lowest BCUT2D eigenvalue weighted by atomic mass is 10.1. The number of aromatic nitrogens is 4. The SMILES string of the molecule is c1ccc(Nc2nc(NC3CCCCCCCC3)c3nc[nH]c3n2)cc1. The van der Waals surface area contributed by atoms with Gasteiger partial charge < -0.3 is 15.6 Å². The van der Waals surface area contributed by atoms with Crippen LogP contribution in [0.4, 0.5) is 17.5 Å². The quantitative estimate of drug-likeness (QED) is 0.616. The second-order valence-corrected chi connectivity index (χ2v) is 7.03. The maximum Gasteiger partial charge on any atom is 0.231 e. The fraction of sp³-hybridized carbons (Fsp3) is 0.450. The van der Waals surface area contributed by atoms with Crippen molar-refractivity contribution in [2.45, 2.75) is 57.4 Å². The predicted molar refractivity (Wildman–Crippen MR) is 106 cm³/mol. The van der Waals surface area contributed by atoms with Crippen LogP contribution in [0.5, 0.6) is 0 Å². The Labute approximate surface area is 153 Å². The summed E-state index contributed by atoms with van der Waals surface area (Å²) >= 11 is 0. The number of H-pyrrole nitrogens is 1. The van der Waals surface area contributed by atoms with Gasteiger partial charge in [-0.3, -0.25) is 0 Å². The molecule has 0 radical (unpaired) electrons. The molecule has 4 rings (SSSR count). The van der Waals surface area contributed by atoms with E-state index in [-0.39, 0.29) is 0 Å². The molecule has 3 N–H and O–H groups in total. The maximum absolute atomic E-state index is 4.72. The summed E-state index contributed by atoms with van der Waals surface area (Å²) in [5.41, 5.74) is 2.53. The Kier molecular flexibility index (Phi) is 5.28. The highest BCUT2D eigenvalue weighted by Crippen LogP contribution is 2.25. The average molecular weight is 350 g/mol. The summed E-state index contributed by atoms with van der Waals surface area (Å²) in [4.78, 5) is 16.8. The number of hydrogen-bond acceptors (Lipinski definition) is 5. The lowest BCUT2D eigenvalue weighted by Gasteiger charge is -2.19. The number of imidazole rings is 1. The van der Waals surface area contributed by atoms with E-state index in [1.54, 1.807) is 6.33 Å². The number of aromatic amines is 1. The Morgan fingerprint density at radius 2 is 1.62 bits per heavy atom. The van der Waals surface area contributed by atoms with Crippen molar-refractivity contribution in [3.8, 4) is 0 Å². The molecule has 2 aromatic heterocycles. The van der Waals surface area contributed by atoms with Crippen LogP contribution >= 0.6 is 0 Å². The standard InChI is InChI=1S/C20H26N6/c1-2-4-7-11-15(10-6-3-1)23-19-17-18(22-14-21-17)25-20(26-19)24-16-12-8-5-9-13-16/h5,8-9,12-15H,1-4,6-7,10-11H2,(H3,21,22,23,24,25,26). The number of nitrogens with zero attached hydrogens (tertiary/aromatic N) is 3. The minimum atomic E-state index is 0.451. The molecule has 136 valence electrons. The second kappa shape index (κ2) is 8.17. The van der Waals surface area contributed by atoms with E-state index in [2.05, 4.69) is 25.6 Å². The molecule has 1 aliphatic carbocycles. The first-order valence-electron chi connectivity index (χ1n) is 9.68. The van der Waals surface area contributed by atoms with Crippen LogP contribution in [0.25, 0.3) is 11.2 Å². The topological polar surface area (TPSA) is 78.5 Å². The summed E-state index contributed by atoms with van der Waals surface area (Å²) in [6.07, 6.45) is 12.0. The van der Waals surface area contributed by atoms with E-state index < -0.39 is 0 Å². The molecule has 6 nitrogen and oxygen atoms in total. The van der Waals surface area contributed by atoms with Crippen LogP contribution in [-0.2, 0) is 0 Å². The van der Waals surface area contributed by atoms with Gasteiger partial charge >= 0.3 is 0 Å². The minimum Gasteiger partial charge on any atom is -0.365 e. The summed E-state index contributed by atoms with van der Waals surface area (Å²) in [5, 5.41) is 6.94. The third-order valence-electron chi connectivity index (χ3n) is 5.00. The molecule has 26 heavy (non-hydrogen) atoms. The molecule has 0 aliphatic heterocycles. The number of para-hydroxylation sites is 1. The van der Waals surface area contributed by atoms with E-state index in [0.29, 0.717) is 12.0 Å². The van der Waals surface area contributed by atoms with Crippen molar-refractivity contribution in [3.63, 3.8) is 0 Å².